The number of H-pyrrole nitrogens is 1. The Bertz CT molecular complexity index is 644. The van der Waals surface area contributed by atoms with Gasteiger partial charge in [-0.15, -0.1) is 0 Å². The average Bonchev–Trinajstić information content (AvgIpc) is 3.01. The predicted molar refractivity (Wildman–Crippen MR) is 93.1 cm³/mol. The van der Waals surface area contributed by atoms with Crippen molar-refractivity contribution in [1.82, 2.24) is 15.2 Å². The molecule has 3 N–H and O–H groups in total. The molecule has 1 aliphatic heterocycles. The first kappa shape index (κ1) is 17.0. The van der Waals surface area contributed by atoms with Crippen molar-refractivity contribution < 1.29 is 14.6 Å². The van der Waals surface area contributed by atoms with Gasteiger partial charge < -0.3 is 25.0 Å². The van der Waals surface area contributed by atoms with Gasteiger partial charge >= 0.3 is 0 Å². The lowest BCUT2D eigenvalue weighted by Gasteiger charge is -2.33. The van der Waals surface area contributed by atoms with Gasteiger partial charge in [0.2, 0.25) is 0 Å². The molecule has 0 spiro atoms. The fraction of sp³-hybridized carbons (Fsp3) is 0.500. The molecule has 0 bridgehead atoms. The summed E-state index contributed by atoms with van der Waals surface area (Å²) in [7, 11) is 1.59. The first-order chi connectivity index (χ1) is 11.7. The molecule has 6 heteroatoms. The van der Waals surface area contributed by atoms with E-state index in [9.17, 15) is 9.90 Å². The van der Waals surface area contributed by atoms with Crippen molar-refractivity contribution in [2.75, 3.05) is 33.4 Å². The Morgan fingerprint density at radius 3 is 2.88 bits per heavy atom. The van der Waals surface area contributed by atoms with Crippen LogP contribution in [-0.2, 0) is 4.74 Å². The highest BCUT2D eigenvalue weighted by atomic mass is 16.5. The third-order valence-electron chi connectivity index (χ3n) is 4.53. The van der Waals surface area contributed by atoms with Gasteiger partial charge in [0.25, 0.3) is 5.91 Å². The molecule has 0 radical (unpaired) electrons. The third kappa shape index (κ3) is 4.14. The molecule has 6 nitrogen and oxygen atoms in total. The minimum atomic E-state index is -0.451. The van der Waals surface area contributed by atoms with Gasteiger partial charge in [-0.1, -0.05) is 18.2 Å². The molecule has 24 heavy (non-hydrogen) atoms. The van der Waals surface area contributed by atoms with Crippen molar-refractivity contribution in [2.45, 2.75) is 25.0 Å². The normalized spacial score (nSPS) is 17.9. The van der Waals surface area contributed by atoms with Crippen molar-refractivity contribution >= 4 is 16.8 Å². The topological polar surface area (TPSA) is 77.6 Å². The molecule has 0 aliphatic carbocycles. The minimum Gasteiger partial charge on any atom is -0.389 e. The summed E-state index contributed by atoms with van der Waals surface area (Å²) in [6.45, 7) is 2.73. The van der Waals surface area contributed by atoms with E-state index in [4.69, 9.17) is 4.74 Å². The summed E-state index contributed by atoms with van der Waals surface area (Å²) < 4.78 is 4.96. The zero-order valence-corrected chi connectivity index (χ0v) is 14.0. The zero-order chi connectivity index (χ0) is 16.9. The molecular weight excluding hydrogens is 306 g/mol. The Labute approximate surface area is 141 Å². The number of aliphatic hydroxyl groups is 1. The lowest BCUT2D eigenvalue weighted by atomic mass is 10.0. The summed E-state index contributed by atoms with van der Waals surface area (Å²) in [6, 6.07) is 9.95. The van der Waals surface area contributed by atoms with E-state index in [-0.39, 0.29) is 11.9 Å². The van der Waals surface area contributed by atoms with Crippen LogP contribution in [0.3, 0.4) is 0 Å². The monoisotopic (exact) mass is 331 g/mol. The number of likely N-dealkylation sites (tertiary alicyclic amines) is 1. The van der Waals surface area contributed by atoms with E-state index < -0.39 is 6.10 Å². The summed E-state index contributed by atoms with van der Waals surface area (Å²) in [5.41, 5.74) is 1.58. The highest BCUT2D eigenvalue weighted by Gasteiger charge is 2.23. The summed E-state index contributed by atoms with van der Waals surface area (Å²) in [5, 5.41) is 13.9. The highest BCUT2D eigenvalue weighted by molar-refractivity contribution is 5.98. The van der Waals surface area contributed by atoms with Gasteiger partial charge in [0.05, 0.1) is 12.7 Å². The Morgan fingerprint density at radius 1 is 1.42 bits per heavy atom. The number of benzene rings is 1. The van der Waals surface area contributed by atoms with E-state index in [2.05, 4.69) is 15.2 Å². The van der Waals surface area contributed by atoms with Gasteiger partial charge in [0.15, 0.2) is 0 Å². The van der Waals surface area contributed by atoms with Crippen LogP contribution in [0, 0.1) is 0 Å². The number of ether oxygens (including phenoxy) is 1. The fourth-order valence-corrected chi connectivity index (χ4v) is 3.26. The molecule has 1 amide bonds. The third-order valence-corrected chi connectivity index (χ3v) is 4.53. The number of nitrogens with zero attached hydrogens (tertiary/aromatic N) is 1. The Hall–Kier alpha value is -1.89. The Balaban J connectivity index is 1.49. The summed E-state index contributed by atoms with van der Waals surface area (Å²) in [4.78, 5) is 17.8. The van der Waals surface area contributed by atoms with Crippen LogP contribution in [0.5, 0.6) is 0 Å². The van der Waals surface area contributed by atoms with Gasteiger partial charge in [-0.3, -0.25) is 4.79 Å². The Morgan fingerprint density at radius 2 is 2.17 bits per heavy atom. The average molecular weight is 331 g/mol. The maximum absolute atomic E-state index is 12.4. The Kier molecular flexibility index (Phi) is 5.50. The van der Waals surface area contributed by atoms with E-state index >= 15 is 0 Å². The molecule has 130 valence electrons. The van der Waals surface area contributed by atoms with Gasteiger partial charge in [0, 0.05) is 43.7 Å². The molecule has 3 rings (SSSR count). The van der Waals surface area contributed by atoms with Crippen molar-refractivity contribution in [3.8, 4) is 0 Å². The quantitative estimate of drug-likeness (QED) is 0.747. The number of nitrogens with one attached hydrogen (secondary N) is 2. The number of aliphatic hydroxyl groups excluding tert-OH is 1. The predicted octanol–water partition coefficient (Wildman–Crippen LogP) is 1.37. The molecule has 0 saturated carbocycles. The molecule has 2 aromatic rings. The van der Waals surface area contributed by atoms with Gasteiger partial charge in [-0.2, -0.15) is 0 Å². The molecule has 1 saturated heterocycles. The largest absolute Gasteiger partial charge is 0.389 e. The van der Waals surface area contributed by atoms with Crippen LogP contribution >= 0.6 is 0 Å². The maximum Gasteiger partial charge on any atom is 0.267 e. The number of fused-ring (bicyclic) bond motifs is 1. The van der Waals surface area contributed by atoms with E-state index in [1.165, 1.54) is 0 Å². The minimum absolute atomic E-state index is 0.0518. The van der Waals surface area contributed by atoms with Crippen LogP contribution in [0.25, 0.3) is 10.9 Å². The van der Waals surface area contributed by atoms with Crippen molar-refractivity contribution in [3.05, 3.63) is 36.0 Å². The van der Waals surface area contributed by atoms with Crippen LogP contribution in [-0.4, -0.2) is 66.4 Å². The van der Waals surface area contributed by atoms with E-state index in [1.807, 2.05) is 30.3 Å². The molecule has 1 atom stereocenters. The lowest BCUT2D eigenvalue weighted by Crippen LogP contribution is -2.47. The molecule has 1 fully saturated rings. The number of hydrogen-bond donors (Lipinski definition) is 3. The summed E-state index contributed by atoms with van der Waals surface area (Å²) >= 11 is 0. The van der Waals surface area contributed by atoms with E-state index in [0.29, 0.717) is 18.8 Å². The van der Waals surface area contributed by atoms with Crippen molar-refractivity contribution in [3.63, 3.8) is 0 Å². The van der Waals surface area contributed by atoms with Crippen molar-refractivity contribution in [1.29, 1.82) is 0 Å². The van der Waals surface area contributed by atoms with Crippen LogP contribution < -0.4 is 5.32 Å². The van der Waals surface area contributed by atoms with E-state index in [1.54, 1.807) is 7.11 Å². The maximum atomic E-state index is 12.4. The number of para-hydroxylation sites is 1. The lowest BCUT2D eigenvalue weighted by molar-refractivity contribution is 0.0309. The van der Waals surface area contributed by atoms with Crippen LogP contribution in [0.1, 0.15) is 23.3 Å². The number of carbonyl (C=O) groups is 1. The van der Waals surface area contributed by atoms with Crippen LogP contribution in [0.15, 0.2) is 30.3 Å². The number of β-amino-alcohol motifs (C(OH)–C–C–N with tert-alkyl or cyclic N) is 1. The summed E-state index contributed by atoms with van der Waals surface area (Å²) in [6.07, 6.45) is 1.34. The SMILES string of the molecule is COCC(O)CN1CCC(NC(=O)c2cc3ccccc3[nH]2)CC1. The number of amides is 1. The number of aromatic nitrogens is 1. The number of carbonyl (C=O) groups excluding carboxylic acids is 1. The number of piperidine rings is 1. The number of hydrogen-bond acceptors (Lipinski definition) is 4. The van der Waals surface area contributed by atoms with Crippen LogP contribution in [0.4, 0.5) is 0 Å². The first-order valence-electron chi connectivity index (χ1n) is 8.43. The summed E-state index contributed by atoms with van der Waals surface area (Å²) in [5.74, 6) is -0.0518. The number of aromatic amines is 1. The van der Waals surface area contributed by atoms with E-state index in [0.717, 1.165) is 36.8 Å². The zero-order valence-electron chi connectivity index (χ0n) is 14.0. The molecule has 1 aliphatic rings. The fourth-order valence-electron chi connectivity index (χ4n) is 3.26. The molecular formula is C18H25N3O3. The molecule has 1 unspecified atom stereocenters. The number of methoxy groups -OCH3 is 1. The van der Waals surface area contributed by atoms with Gasteiger partial charge in [-0.25, -0.2) is 0 Å². The van der Waals surface area contributed by atoms with Crippen LogP contribution in [0.2, 0.25) is 0 Å². The van der Waals surface area contributed by atoms with Gasteiger partial charge in [-0.05, 0) is 25.0 Å². The molecule has 2 heterocycles. The first-order valence-corrected chi connectivity index (χ1v) is 8.43. The smallest absolute Gasteiger partial charge is 0.267 e. The highest BCUT2D eigenvalue weighted by Crippen LogP contribution is 2.16. The van der Waals surface area contributed by atoms with Gasteiger partial charge in [0.1, 0.15) is 5.69 Å². The number of rotatable bonds is 6. The molecule has 1 aromatic heterocycles. The standard InChI is InChI=1S/C18H25N3O3/c1-24-12-15(22)11-21-8-6-14(7-9-21)19-18(23)17-10-13-4-2-3-5-16(13)20-17/h2-5,10,14-15,20,22H,6-9,11-12H2,1H3,(H,19,23). The van der Waals surface area contributed by atoms with Crippen molar-refractivity contribution in [2.24, 2.45) is 0 Å². The second-order valence-corrected chi connectivity index (χ2v) is 6.43. The second kappa shape index (κ2) is 7.79. The second-order valence-electron chi connectivity index (χ2n) is 6.43. The molecule has 1 aromatic carbocycles.